The molecular formula is C5H6NNaO2S. The molecule has 0 aliphatic rings. The van der Waals surface area contributed by atoms with Crippen molar-refractivity contribution in [2.75, 3.05) is 0 Å². The Bertz CT molecular complexity index is 216. The predicted molar refractivity (Wildman–Crippen MR) is 40.4 cm³/mol. The molecule has 0 aromatic carbocycles. The van der Waals surface area contributed by atoms with Gasteiger partial charge in [0.1, 0.15) is 0 Å². The zero-order chi connectivity index (χ0) is 6.69. The topological polar surface area (TPSA) is 50.2 Å². The Kier molecular flexibility index (Phi) is 5.11. The van der Waals surface area contributed by atoms with Crippen molar-refractivity contribution in [3.8, 4) is 0 Å². The van der Waals surface area contributed by atoms with E-state index in [2.05, 4.69) is 4.98 Å². The Balaban J connectivity index is 0.000000810. The summed E-state index contributed by atoms with van der Waals surface area (Å²) in [6.07, 6.45) is 1.48. The summed E-state index contributed by atoms with van der Waals surface area (Å²) in [6.45, 7) is 0. The third-order valence-corrected chi connectivity index (χ3v) is 1.42. The Hall–Kier alpha value is 0.260. The molecule has 1 rings (SSSR count). The van der Waals surface area contributed by atoms with Crippen molar-refractivity contribution in [2.24, 2.45) is 0 Å². The molecule has 1 N–H and O–H groups in total. The van der Waals surface area contributed by atoms with E-state index in [4.69, 9.17) is 4.55 Å². The van der Waals surface area contributed by atoms with Gasteiger partial charge in [0.05, 0.1) is 0 Å². The monoisotopic (exact) mass is 167 g/mol. The number of hydrogen-bond donors (Lipinski definition) is 1. The molecule has 1 aromatic rings. The molecule has 0 aliphatic carbocycles. The van der Waals surface area contributed by atoms with Crippen LogP contribution in [0.15, 0.2) is 29.4 Å². The fourth-order valence-electron chi connectivity index (χ4n) is 0.450. The minimum absolute atomic E-state index is 0. The SMILES string of the molecule is O=S(O)c1ccccn1.[NaH]. The maximum absolute atomic E-state index is 10.2. The van der Waals surface area contributed by atoms with Gasteiger partial charge in [-0.1, -0.05) is 6.07 Å². The molecule has 0 radical (unpaired) electrons. The van der Waals surface area contributed by atoms with Gasteiger partial charge in [0.15, 0.2) is 5.03 Å². The van der Waals surface area contributed by atoms with Gasteiger partial charge in [-0.15, -0.1) is 0 Å². The average Bonchev–Trinajstić information content (AvgIpc) is 1.90. The van der Waals surface area contributed by atoms with Crippen molar-refractivity contribution in [1.29, 1.82) is 0 Å². The van der Waals surface area contributed by atoms with Crippen molar-refractivity contribution >= 4 is 40.6 Å². The maximum atomic E-state index is 10.2. The fourth-order valence-corrected chi connectivity index (χ4v) is 0.796. The Morgan fingerprint density at radius 1 is 1.50 bits per heavy atom. The van der Waals surface area contributed by atoms with Gasteiger partial charge in [-0.25, -0.2) is 9.19 Å². The molecule has 10 heavy (non-hydrogen) atoms. The molecule has 0 fully saturated rings. The number of nitrogens with zero attached hydrogens (tertiary/aromatic N) is 1. The van der Waals surface area contributed by atoms with Crippen LogP contribution in [0.5, 0.6) is 0 Å². The zero-order valence-electron chi connectivity index (χ0n) is 4.52. The second-order valence-corrected chi connectivity index (χ2v) is 2.33. The van der Waals surface area contributed by atoms with E-state index in [1.165, 1.54) is 12.3 Å². The average molecular weight is 167 g/mol. The summed E-state index contributed by atoms with van der Waals surface area (Å²) in [7, 11) is 0. The summed E-state index contributed by atoms with van der Waals surface area (Å²) < 4.78 is 18.7. The Labute approximate surface area is 83.4 Å². The van der Waals surface area contributed by atoms with E-state index in [0.717, 1.165) is 0 Å². The molecule has 1 atom stereocenters. The summed E-state index contributed by atoms with van der Waals surface area (Å²) >= 11 is -1.94. The van der Waals surface area contributed by atoms with Gasteiger partial charge in [0.2, 0.25) is 11.1 Å². The Morgan fingerprint density at radius 3 is 2.50 bits per heavy atom. The van der Waals surface area contributed by atoms with Crippen LogP contribution in [0.4, 0.5) is 0 Å². The van der Waals surface area contributed by atoms with E-state index in [1.807, 2.05) is 0 Å². The van der Waals surface area contributed by atoms with Crippen molar-refractivity contribution in [3.05, 3.63) is 24.4 Å². The second kappa shape index (κ2) is 4.98. The minimum atomic E-state index is -1.94. The molecule has 0 aliphatic heterocycles. The quantitative estimate of drug-likeness (QED) is 0.473. The third-order valence-electron chi connectivity index (χ3n) is 0.817. The first-order valence-electron chi connectivity index (χ1n) is 2.32. The van der Waals surface area contributed by atoms with Crippen molar-refractivity contribution in [1.82, 2.24) is 4.98 Å². The number of aromatic nitrogens is 1. The molecule has 3 nitrogen and oxygen atoms in total. The number of hydrogen-bond acceptors (Lipinski definition) is 2. The first-order valence-corrected chi connectivity index (χ1v) is 3.43. The first kappa shape index (κ1) is 10.3. The van der Waals surface area contributed by atoms with Crippen LogP contribution in [-0.2, 0) is 11.1 Å². The summed E-state index contributed by atoms with van der Waals surface area (Å²) in [5.74, 6) is 0. The van der Waals surface area contributed by atoms with Gasteiger partial charge in [0, 0.05) is 6.20 Å². The molecule has 0 spiro atoms. The van der Waals surface area contributed by atoms with Crippen molar-refractivity contribution in [3.63, 3.8) is 0 Å². The summed E-state index contributed by atoms with van der Waals surface area (Å²) in [6, 6.07) is 4.85. The zero-order valence-corrected chi connectivity index (χ0v) is 5.34. The van der Waals surface area contributed by atoms with Gasteiger partial charge < -0.3 is 4.55 Å². The molecule has 0 bridgehead atoms. The molecular weight excluding hydrogens is 161 g/mol. The predicted octanol–water partition coefficient (Wildman–Crippen LogP) is 0.0137. The standard InChI is InChI=1S/C5H5NO2S.Na.H/c7-9(8)5-3-1-2-4-6-5;;/h1-4H,(H,7,8);;. The first-order chi connectivity index (χ1) is 4.30. The van der Waals surface area contributed by atoms with Crippen molar-refractivity contribution < 1.29 is 8.76 Å². The van der Waals surface area contributed by atoms with Gasteiger partial charge in [-0.05, 0) is 12.1 Å². The van der Waals surface area contributed by atoms with E-state index in [0.29, 0.717) is 0 Å². The van der Waals surface area contributed by atoms with E-state index >= 15 is 0 Å². The molecule has 0 saturated heterocycles. The van der Waals surface area contributed by atoms with Gasteiger partial charge in [0.25, 0.3) is 0 Å². The molecule has 1 unspecified atom stereocenters. The van der Waals surface area contributed by atoms with Crippen molar-refractivity contribution in [2.45, 2.75) is 5.03 Å². The summed E-state index contributed by atoms with van der Waals surface area (Å²) in [5.41, 5.74) is 0. The molecule has 0 amide bonds. The van der Waals surface area contributed by atoms with Crippen LogP contribution in [0.3, 0.4) is 0 Å². The van der Waals surface area contributed by atoms with E-state index < -0.39 is 11.1 Å². The van der Waals surface area contributed by atoms with E-state index in [9.17, 15) is 4.21 Å². The normalized spacial score (nSPS) is 11.7. The Morgan fingerprint density at radius 2 is 2.20 bits per heavy atom. The summed E-state index contributed by atoms with van der Waals surface area (Å²) in [5, 5.41) is 0.192. The molecule has 1 aromatic heterocycles. The summed E-state index contributed by atoms with van der Waals surface area (Å²) in [4.78, 5) is 3.63. The number of pyridine rings is 1. The van der Waals surface area contributed by atoms with Crippen LogP contribution >= 0.6 is 0 Å². The van der Waals surface area contributed by atoms with Gasteiger partial charge in [-0.3, -0.25) is 0 Å². The third kappa shape index (κ3) is 2.90. The van der Waals surface area contributed by atoms with Crippen LogP contribution in [0.2, 0.25) is 0 Å². The van der Waals surface area contributed by atoms with Gasteiger partial charge >= 0.3 is 29.6 Å². The molecule has 1 heterocycles. The van der Waals surface area contributed by atoms with Crippen LogP contribution in [0, 0.1) is 0 Å². The van der Waals surface area contributed by atoms with Crippen LogP contribution < -0.4 is 0 Å². The van der Waals surface area contributed by atoms with E-state index in [-0.39, 0.29) is 34.6 Å². The fraction of sp³-hybridized carbons (Fsp3) is 0. The molecule has 5 heteroatoms. The van der Waals surface area contributed by atoms with E-state index in [1.54, 1.807) is 12.1 Å². The van der Waals surface area contributed by atoms with Crippen LogP contribution in [0.25, 0.3) is 0 Å². The van der Waals surface area contributed by atoms with Crippen LogP contribution in [-0.4, -0.2) is 43.3 Å². The van der Waals surface area contributed by atoms with Gasteiger partial charge in [-0.2, -0.15) is 0 Å². The molecule has 50 valence electrons. The number of rotatable bonds is 1. The van der Waals surface area contributed by atoms with Crippen LogP contribution in [0.1, 0.15) is 0 Å². The second-order valence-electron chi connectivity index (χ2n) is 1.42. The molecule has 0 saturated carbocycles.